The Hall–Kier alpha value is -0.930. The van der Waals surface area contributed by atoms with Gasteiger partial charge < -0.3 is 4.98 Å². The first-order valence-electron chi connectivity index (χ1n) is 6.25. The SMILES string of the molecule is CCc1sc(=S)[nH]c1-c1c(C)c(C)cc(C)c1C. The third-order valence-corrected chi connectivity index (χ3v) is 5.04. The Labute approximate surface area is 118 Å². The van der Waals surface area contributed by atoms with E-state index in [2.05, 4.69) is 45.7 Å². The van der Waals surface area contributed by atoms with E-state index in [-0.39, 0.29) is 0 Å². The van der Waals surface area contributed by atoms with E-state index in [1.165, 1.54) is 38.4 Å². The highest BCUT2D eigenvalue weighted by Gasteiger charge is 2.15. The second-order valence-corrected chi connectivity index (χ2v) is 6.57. The van der Waals surface area contributed by atoms with Crippen LogP contribution in [0.2, 0.25) is 0 Å². The number of thiazole rings is 1. The van der Waals surface area contributed by atoms with Crippen molar-refractivity contribution < 1.29 is 0 Å². The molecule has 0 atom stereocenters. The Morgan fingerprint density at radius 1 is 1.11 bits per heavy atom. The third kappa shape index (κ3) is 2.17. The topological polar surface area (TPSA) is 15.8 Å². The van der Waals surface area contributed by atoms with Crippen LogP contribution in [-0.2, 0) is 6.42 Å². The lowest BCUT2D eigenvalue weighted by Crippen LogP contribution is -1.97. The average Bonchev–Trinajstić information content (AvgIpc) is 2.68. The highest BCUT2D eigenvalue weighted by atomic mass is 32.1. The van der Waals surface area contributed by atoms with Crippen LogP contribution >= 0.6 is 23.6 Å². The van der Waals surface area contributed by atoms with Crippen molar-refractivity contribution in [2.24, 2.45) is 0 Å². The monoisotopic (exact) mass is 277 g/mol. The molecule has 96 valence electrons. The molecule has 0 aliphatic heterocycles. The smallest absolute Gasteiger partial charge is 0.159 e. The zero-order valence-electron chi connectivity index (χ0n) is 11.6. The van der Waals surface area contributed by atoms with Gasteiger partial charge in [0.25, 0.3) is 0 Å². The van der Waals surface area contributed by atoms with Crippen LogP contribution in [0, 0.1) is 31.6 Å². The van der Waals surface area contributed by atoms with Crippen molar-refractivity contribution in [2.45, 2.75) is 41.0 Å². The molecule has 0 aliphatic carbocycles. The van der Waals surface area contributed by atoms with Crippen LogP contribution < -0.4 is 0 Å². The maximum Gasteiger partial charge on any atom is 0.159 e. The molecule has 1 aromatic carbocycles. The van der Waals surface area contributed by atoms with Crippen molar-refractivity contribution in [3.8, 4) is 11.3 Å². The largest absolute Gasteiger partial charge is 0.337 e. The van der Waals surface area contributed by atoms with Gasteiger partial charge in [0.15, 0.2) is 3.95 Å². The van der Waals surface area contributed by atoms with E-state index in [9.17, 15) is 0 Å². The average molecular weight is 277 g/mol. The van der Waals surface area contributed by atoms with Gasteiger partial charge in [-0.3, -0.25) is 0 Å². The molecule has 0 aliphatic rings. The zero-order valence-corrected chi connectivity index (χ0v) is 13.2. The quantitative estimate of drug-likeness (QED) is 0.739. The molecule has 0 unspecified atom stereocenters. The van der Waals surface area contributed by atoms with Gasteiger partial charge in [-0.1, -0.05) is 13.0 Å². The number of aromatic nitrogens is 1. The van der Waals surface area contributed by atoms with Gasteiger partial charge in [0, 0.05) is 10.4 Å². The van der Waals surface area contributed by atoms with Gasteiger partial charge in [0.05, 0.1) is 5.69 Å². The number of rotatable bonds is 2. The highest BCUT2D eigenvalue weighted by molar-refractivity contribution is 7.73. The molecule has 2 aromatic rings. The Morgan fingerprint density at radius 3 is 2.17 bits per heavy atom. The standard InChI is InChI=1S/C15H19NS2/c1-6-12-14(16-15(17)18-12)13-10(4)8(2)7-9(3)11(13)5/h7H,6H2,1-5H3,(H,16,17). The maximum absolute atomic E-state index is 5.30. The molecule has 18 heavy (non-hydrogen) atoms. The van der Waals surface area contributed by atoms with Crippen molar-refractivity contribution in [2.75, 3.05) is 0 Å². The Morgan fingerprint density at radius 2 is 1.67 bits per heavy atom. The lowest BCUT2D eigenvalue weighted by atomic mass is 9.92. The first-order valence-corrected chi connectivity index (χ1v) is 7.48. The van der Waals surface area contributed by atoms with Gasteiger partial charge in [0.2, 0.25) is 0 Å². The summed E-state index contributed by atoms with van der Waals surface area (Å²) in [7, 11) is 0. The second-order valence-electron chi connectivity index (χ2n) is 4.80. The molecule has 2 rings (SSSR count). The summed E-state index contributed by atoms with van der Waals surface area (Å²) in [5, 5.41) is 0. The summed E-state index contributed by atoms with van der Waals surface area (Å²) < 4.78 is 0.875. The van der Waals surface area contributed by atoms with E-state index < -0.39 is 0 Å². The first-order chi connectivity index (χ1) is 8.45. The molecule has 3 heteroatoms. The van der Waals surface area contributed by atoms with E-state index >= 15 is 0 Å². The fourth-order valence-electron chi connectivity index (χ4n) is 2.40. The molecule has 0 fully saturated rings. The fourth-order valence-corrected chi connectivity index (χ4v) is 3.58. The molecule has 0 amide bonds. The van der Waals surface area contributed by atoms with E-state index in [1.54, 1.807) is 11.3 Å². The normalized spacial score (nSPS) is 10.9. The Bertz CT molecular complexity index is 621. The van der Waals surface area contributed by atoms with E-state index in [4.69, 9.17) is 12.2 Å². The Kier molecular flexibility index (Phi) is 3.74. The van der Waals surface area contributed by atoms with Crippen LogP contribution in [0.25, 0.3) is 11.3 Å². The summed E-state index contributed by atoms with van der Waals surface area (Å²) in [6.07, 6.45) is 1.03. The minimum Gasteiger partial charge on any atom is -0.337 e. The van der Waals surface area contributed by atoms with Crippen molar-refractivity contribution in [1.82, 2.24) is 4.98 Å². The van der Waals surface area contributed by atoms with Crippen molar-refractivity contribution in [3.05, 3.63) is 37.2 Å². The maximum atomic E-state index is 5.30. The second kappa shape index (κ2) is 4.98. The van der Waals surface area contributed by atoms with Gasteiger partial charge in [-0.25, -0.2) is 0 Å². The van der Waals surface area contributed by atoms with Crippen LogP contribution in [0.3, 0.4) is 0 Å². The summed E-state index contributed by atoms with van der Waals surface area (Å²) in [4.78, 5) is 4.74. The fraction of sp³-hybridized carbons (Fsp3) is 0.400. The molecule has 0 saturated heterocycles. The van der Waals surface area contributed by atoms with Crippen molar-refractivity contribution in [1.29, 1.82) is 0 Å². The van der Waals surface area contributed by atoms with Crippen LogP contribution in [0.1, 0.15) is 34.1 Å². The van der Waals surface area contributed by atoms with Gasteiger partial charge in [0.1, 0.15) is 0 Å². The summed E-state index contributed by atoms with van der Waals surface area (Å²) in [5.74, 6) is 0. The number of hydrogen-bond donors (Lipinski definition) is 1. The summed E-state index contributed by atoms with van der Waals surface area (Å²) in [6.45, 7) is 10.9. The van der Waals surface area contributed by atoms with E-state index in [0.29, 0.717) is 0 Å². The van der Waals surface area contributed by atoms with Gasteiger partial charge in [-0.2, -0.15) is 0 Å². The summed E-state index contributed by atoms with van der Waals surface area (Å²) >= 11 is 7.00. The van der Waals surface area contributed by atoms with Gasteiger partial charge >= 0.3 is 0 Å². The number of aromatic amines is 1. The number of nitrogens with one attached hydrogen (secondary N) is 1. The minimum atomic E-state index is 0.875. The predicted octanol–water partition coefficient (Wildman–Crippen LogP) is 5.27. The molecule has 1 aromatic heterocycles. The van der Waals surface area contributed by atoms with E-state index in [0.717, 1.165) is 10.4 Å². The highest BCUT2D eigenvalue weighted by Crippen LogP contribution is 2.34. The number of aryl methyl sites for hydroxylation is 3. The van der Waals surface area contributed by atoms with Gasteiger partial charge in [-0.05, 0) is 68.6 Å². The van der Waals surface area contributed by atoms with Gasteiger partial charge in [-0.15, -0.1) is 11.3 Å². The van der Waals surface area contributed by atoms with Crippen molar-refractivity contribution >= 4 is 23.6 Å². The van der Waals surface area contributed by atoms with E-state index in [1.807, 2.05) is 0 Å². The molecule has 1 N–H and O–H groups in total. The van der Waals surface area contributed by atoms with Crippen molar-refractivity contribution in [3.63, 3.8) is 0 Å². The molecule has 1 nitrogen and oxygen atoms in total. The van der Waals surface area contributed by atoms with Crippen LogP contribution in [-0.4, -0.2) is 4.98 Å². The molecule has 0 radical (unpaired) electrons. The lowest BCUT2D eigenvalue weighted by Gasteiger charge is -2.15. The number of benzene rings is 1. The molecular formula is C15H19NS2. The third-order valence-electron chi connectivity index (χ3n) is 3.66. The lowest BCUT2D eigenvalue weighted by molar-refractivity contribution is 1.15. The number of H-pyrrole nitrogens is 1. The molecular weight excluding hydrogens is 258 g/mol. The number of hydrogen-bond acceptors (Lipinski definition) is 2. The molecule has 1 heterocycles. The predicted molar refractivity (Wildman–Crippen MR) is 83.3 cm³/mol. The molecule has 0 spiro atoms. The van der Waals surface area contributed by atoms with Crippen LogP contribution in [0.15, 0.2) is 6.07 Å². The Balaban J connectivity index is 2.82. The summed E-state index contributed by atoms with van der Waals surface area (Å²) in [6, 6.07) is 2.26. The zero-order chi connectivity index (χ0) is 13.4. The summed E-state index contributed by atoms with van der Waals surface area (Å²) in [5.41, 5.74) is 7.99. The first kappa shape index (κ1) is 13.5. The minimum absolute atomic E-state index is 0.875. The van der Waals surface area contributed by atoms with Crippen LogP contribution in [0.5, 0.6) is 0 Å². The molecule has 0 saturated carbocycles. The molecule has 0 bridgehead atoms. The van der Waals surface area contributed by atoms with Crippen LogP contribution in [0.4, 0.5) is 0 Å².